The maximum absolute atomic E-state index is 11.0. The second kappa shape index (κ2) is 5.74. The number of benzene rings is 1. The summed E-state index contributed by atoms with van der Waals surface area (Å²) in [4.78, 5) is 28.4. The van der Waals surface area contributed by atoms with Gasteiger partial charge in [-0.1, -0.05) is 0 Å². The number of carbonyl (C=O) groups excluding carboxylic acids is 1. The van der Waals surface area contributed by atoms with E-state index in [0.717, 1.165) is 0 Å². The molecule has 1 aromatic carbocycles. The summed E-state index contributed by atoms with van der Waals surface area (Å²) in [7, 11) is 1.40. The molecule has 0 saturated carbocycles. The van der Waals surface area contributed by atoms with Gasteiger partial charge in [-0.15, -0.1) is 0 Å². The minimum absolute atomic E-state index is 0.0188. The number of aldehydes is 1. The Labute approximate surface area is 113 Å². The maximum atomic E-state index is 11.0. The highest BCUT2D eigenvalue weighted by atomic mass is 16.6. The lowest BCUT2D eigenvalue weighted by Crippen LogP contribution is -1.97. The Morgan fingerprint density at radius 3 is 2.55 bits per heavy atom. The summed E-state index contributed by atoms with van der Waals surface area (Å²) in [6.07, 6.45) is 3.09. The molecule has 8 nitrogen and oxygen atoms in total. The second-order valence-electron chi connectivity index (χ2n) is 3.61. The summed E-state index contributed by atoms with van der Waals surface area (Å²) in [6.45, 7) is 0. The Hall–Kier alpha value is -3.03. The summed E-state index contributed by atoms with van der Waals surface area (Å²) in [5.41, 5.74) is 0.00833. The fraction of sp³-hybridized carbons (Fsp3) is 0.0833. The normalized spacial score (nSPS) is 9.85. The van der Waals surface area contributed by atoms with Crippen LogP contribution in [0.25, 0.3) is 0 Å². The van der Waals surface area contributed by atoms with E-state index >= 15 is 0 Å². The first-order valence-corrected chi connectivity index (χ1v) is 5.41. The number of ether oxygens (including phenoxy) is 2. The SMILES string of the molecule is COc1ccc(Oc2ncc(C=O)cn2)c([N+](=O)[O-])c1. The van der Waals surface area contributed by atoms with Gasteiger partial charge in [0, 0.05) is 12.4 Å². The lowest BCUT2D eigenvalue weighted by atomic mass is 10.3. The molecule has 1 aromatic heterocycles. The van der Waals surface area contributed by atoms with Gasteiger partial charge in [0.25, 0.3) is 0 Å². The van der Waals surface area contributed by atoms with E-state index in [9.17, 15) is 14.9 Å². The number of aromatic nitrogens is 2. The molecule has 0 spiro atoms. The highest BCUT2D eigenvalue weighted by Crippen LogP contribution is 2.33. The average molecular weight is 275 g/mol. The molecule has 0 aliphatic carbocycles. The molecule has 0 atom stereocenters. The number of hydrogen-bond acceptors (Lipinski definition) is 7. The van der Waals surface area contributed by atoms with E-state index in [0.29, 0.717) is 12.0 Å². The Morgan fingerprint density at radius 2 is 2.00 bits per heavy atom. The number of nitro groups is 1. The zero-order valence-corrected chi connectivity index (χ0v) is 10.3. The first-order valence-electron chi connectivity index (χ1n) is 5.41. The van der Waals surface area contributed by atoms with E-state index < -0.39 is 4.92 Å². The monoisotopic (exact) mass is 275 g/mol. The topological polar surface area (TPSA) is 104 Å². The summed E-state index contributed by atoms with van der Waals surface area (Å²) >= 11 is 0. The van der Waals surface area contributed by atoms with Crippen LogP contribution in [0.2, 0.25) is 0 Å². The van der Waals surface area contributed by atoms with Crippen LogP contribution in [0, 0.1) is 10.1 Å². The van der Waals surface area contributed by atoms with Gasteiger partial charge in [0.2, 0.25) is 5.75 Å². The molecular weight excluding hydrogens is 266 g/mol. The molecule has 0 N–H and O–H groups in total. The molecule has 1 heterocycles. The van der Waals surface area contributed by atoms with Gasteiger partial charge in [0.1, 0.15) is 5.75 Å². The Kier molecular flexibility index (Phi) is 3.85. The molecule has 8 heteroatoms. The van der Waals surface area contributed by atoms with Crippen LogP contribution in [-0.4, -0.2) is 28.3 Å². The minimum atomic E-state index is -0.600. The predicted molar refractivity (Wildman–Crippen MR) is 67.1 cm³/mol. The summed E-state index contributed by atoms with van der Waals surface area (Å²) < 4.78 is 10.1. The van der Waals surface area contributed by atoms with Gasteiger partial charge >= 0.3 is 11.7 Å². The molecule has 2 rings (SSSR count). The summed E-state index contributed by atoms with van der Waals surface area (Å²) in [5.74, 6) is 0.316. The zero-order chi connectivity index (χ0) is 14.5. The van der Waals surface area contributed by atoms with Crippen molar-refractivity contribution in [3.63, 3.8) is 0 Å². The molecule has 0 aliphatic heterocycles. The minimum Gasteiger partial charge on any atom is -0.496 e. The van der Waals surface area contributed by atoms with Crippen molar-refractivity contribution in [3.05, 3.63) is 46.3 Å². The van der Waals surface area contributed by atoms with Crippen LogP contribution in [0.5, 0.6) is 17.5 Å². The van der Waals surface area contributed by atoms with E-state index in [1.165, 1.54) is 37.7 Å². The first kappa shape index (κ1) is 13.4. The largest absolute Gasteiger partial charge is 0.496 e. The van der Waals surface area contributed by atoms with Gasteiger partial charge in [0.05, 0.1) is 23.7 Å². The number of nitrogens with zero attached hydrogens (tertiary/aromatic N) is 3. The van der Waals surface area contributed by atoms with Gasteiger partial charge < -0.3 is 9.47 Å². The zero-order valence-electron chi connectivity index (χ0n) is 10.3. The van der Waals surface area contributed by atoms with Crippen molar-refractivity contribution in [2.24, 2.45) is 0 Å². The van der Waals surface area contributed by atoms with Gasteiger partial charge in [-0.05, 0) is 12.1 Å². The van der Waals surface area contributed by atoms with Crippen molar-refractivity contribution in [1.29, 1.82) is 0 Å². The molecule has 0 amide bonds. The third-order valence-electron chi connectivity index (χ3n) is 2.35. The standard InChI is InChI=1S/C12H9N3O5/c1-19-9-2-3-11(10(4-9)15(17)18)20-12-13-5-8(7-16)6-14-12/h2-7H,1H3. The number of hydrogen-bond donors (Lipinski definition) is 0. The molecule has 0 bridgehead atoms. The van der Waals surface area contributed by atoms with Crippen molar-refractivity contribution < 1.29 is 19.2 Å². The van der Waals surface area contributed by atoms with Gasteiger partial charge in [0.15, 0.2) is 6.29 Å². The molecular formula is C12H9N3O5. The number of nitro benzene ring substituents is 1. The molecule has 20 heavy (non-hydrogen) atoms. The Morgan fingerprint density at radius 1 is 1.30 bits per heavy atom. The van der Waals surface area contributed by atoms with Crippen molar-refractivity contribution in [2.75, 3.05) is 7.11 Å². The van der Waals surface area contributed by atoms with E-state index in [1.807, 2.05) is 0 Å². The first-order chi connectivity index (χ1) is 9.63. The van der Waals surface area contributed by atoms with Gasteiger partial charge in [-0.2, -0.15) is 0 Å². The van der Waals surface area contributed by atoms with E-state index in [-0.39, 0.29) is 23.0 Å². The van der Waals surface area contributed by atoms with Crippen LogP contribution < -0.4 is 9.47 Å². The van der Waals surface area contributed by atoms with Crippen LogP contribution in [0.15, 0.2) is 30.6 Å². The molecule has 0 unspecified atom stereocenters. The Balaban J connectivity index is 2.31. The lowest BCUT2D eigenvalue weighted by Gasteiger charge is -2.06. The molecule has 102 valence electrons. The highest BCUT2D eigenvalue weighted by Gasteiger charge is 2.18. The van der Waals surface area contributed by atoms with E-state index in [1.54, 1.807) is 0 Å². The van der Waals surface area contributed by atoms with Crippen molar-refractivity contribution >= 4 is 12.0 Å². The molecule has 0 fully saturated rings. The quantitative estimate of drug-likeness (QED) is 0.466. The molecule has 0 radical (unpaired) electrons. The van der Waals surface area contributed by atoms with Gasteiger partial charge in [-0.25, -0.2) is 9.97 Å². The molecule has 2 aromatic rings. The Bertz CT molecular complexity index is 642. The maximum Gasteiger partial charge on any atom is 0.322 e. The molecule has 0 aliphatic rings. The van der Waals surface area contributed by atoms with E-state index in [4.69, 9.17) is 9.47 Å². The average Bonchev–Trinajstić information content (AvgIpc) is 2.48. The number of carbonyl (C=O) groups is 1. The van der Waals surface area contributed by atoms with Crippen LogP contribution in [0.4, 0.5) is 5.69 Å². The van der Waals surface area contributed by atoms with Crippen LogP contribution >= 0.6 is 0 Å². The van der Waals surface area contributed by atoms with Crippen LogP contribution in [0.3, 0.4) is 0 Å². The van der Waals surface area contributed by atoms with Crippen molar-refractivity contribution in [2.45, 2.75) is 0 Å². The third kappa shape index (κ3) is 2.86. The van der Waals surface area contributed by atoms with Gasteiger partial charge in [-0.3, -0.25) is 14.9 Å². The molecule has 0 saturated heterocycles. The second-order valence-corrected chi connectivity index (χ2v) is 3.61. The van der Waals surface area contributed by atoms with Crippen LogP contribution in [0.1, 0.15) is 10.4 Å². The highest BCUT2D eigenvalue weighted by molar-refractivity contribution is 5.73. The predicted octanol–water partition coefficient (Wildman–Crippen LogP) is 2.00. The fourth-order valence-electron chi connectivity index (χ4n) is 1.39. The third-order valence-corrected chi connectivity index (χ3v) is 2.35. The van der Waals surface area contributed by atoms with Crippen molar-refractivity contribution in [3.8, 4) is 17.5 Å². The number of methoxy groups -OCH3 is 1. The smallest absolute Gasteiger partial charge is 0.322 e. The summed E-state index contributed by atoms with van der Waals surface area (Å²) in [6, 6.07) is 4.04. The number of rotatable bonds is 5. The lowest BCUT2D eigenvalue weighted by molar-refractivity contribution is -0.385. The summed E-state index contributed by atoms with van der Waals surface area (Å²) in [5, 5.41) is 11.0. The van der Waals surface area contributed by atoms with Crippen molar-refractivity contribution in [1.82, 2.24) is 9.97 Å². The fourth-order valence-corrected chi connectivity index (χ4v) is 1.39. The van der Waals surface area contributed by atoms with E-state index in [2.05, 4.69) is 9.97 Å². The van der Waals surface area contributed by atoms with Crippen LogP contribution in [-0.2, 0) is 0 Å².